The largest absolute Gasteiger partial charge is 0.339 e. The second kappa shape index (κ2) is 8.49. The van der Waals surface area contributed by atoms with Crippen LogP contribution in [0.25, 0.3) is 11.4 Å². The summed E-state index contributed by atoms with van der Waals surface area (Å²) in [5, 5.41) is 4.52. The van der Waals surface area contributed by atoms with Gasteiger partial charge < -0.3 is 4.52 Å². The second-order valence-corrected chi connectivity index (χ2v) is 10.3. The van der Waals surface area contributed by atoms with E-state index in [1.807, 2.05) is 12.1 Å². The number of sulfonamides is 1. The first-order valence-corrected chi connectivity index (χ1v) is 11.9. The highest BCUT2D eigenvalue weighted by atomic mass is 35.5. The van der Waals surface area contributed by atoms with Crippen LogP contribution in [-0.2, 0) is 10.0 Å². The van der Waals surface area contributed by atoms with E-state index in [9.17, 15) is 8.42 Å². The number of piperidine rings is 1. The fraction of sp³-hybridized carbons (Fsp3) is 0.364. The number of aromatic nitrogens is 2. The van der Waals surface area contributed by atoms with Gasteiger partial charge in [-0.3, -0.25) is 0 Å². The van der Waals surface area contributed by atoms with Crippen molar-refractivity contribution in [2.75, 3.05) is 13.1 Å². The Bertz CT molecular complexity index is 1130. The van der Waals surface area contributed by atoms with Gasteiger partial charge in [0.2, 0.25) is 21.7 Å². The van der Waals surface area contributed by atoms with Crippen molar-refractivity contribution in [2.45, 2.75) is 43.4 Å². The summed E-state index contributed by atoms with van der Waals surface area (Å²) in [5.41, 5.74) is 2.13. The van der Waals surface area contributed by atoms with Gasteiger partial charge in [-0.2, -0.15) is 9.29 Å². The van der Waals surface area contributed by atoms with E-state index in [1.165, 1.54) is 15.9 Å². The van der Waals surface area contributed by atoms with Gasteiger partial charge in [0.05, 0.1) is 10.8 Å². The Morgan fingerprint density at radius 2 is 1.93 bits per heavy atom. The minimum absolute atomic E-state index is 0.135. The van der Waals surface area contributed by atoms with Gasteiger partial charge in [-0.05, 0) is 42.5 Å². The monoisotopic (exact) mass is 445 g/mol. The van der Waals surface area contributed by atoms with Gasteiger partial charge in [-0.15, -0.1) is 0 Å². The Kier molecular flexibility index (Phi) is 5.95. The molecule has 1 aromatic heterocycles. The molecule has 30 heavy (non-hydrogen) atoms. The van der Waals surface area contributed by atoms with Crippen molar-refractivity contribution in [3.63, 3.8) is 0 Å². The molecule has 2 aromatic carbocycles. The molecule has 6 nitrogen and oxygen atoms in total. The summed E-state index contributed by atoms with van der Waals surface area (Å²) in [7, 11) is -3.62. The lowest BCUT2D eigenvalue weighted by molar-refractivity contribution is 0.265. The van der Waals surface area contributed by atoms with Crippen LogP contribution in [0.5, 0.6) is 0 Å². The second-order valence-electron chi connectivity index (χ2n) is 7.89. The van der Waals surface area contributed by atoms with E-state index in [4.69, 9.17) is 16.1 Å². The number of rotatable bonds is 5. The molecule has 0 spiro atoms. The number of hydrogen-bond acceptors (Lipinski definition) is 5. The van der Waals surface area contributed by atoms with E-state index in [-0.39, 0.29) is 10.8 Å². The molecule has 8 heteroatoms. The first-order valence-electron chi connectivity index (χ1n) is 10.0. The van der Waals surface area contributed by atoms with Gasteiger partial charge in [0, 0.05) is 23.7 Å². The molecule has 1 aliphatic rings. The van der Waals surface area contributed by atoms with Crippen LogP contribution in [0, 0.1) is 0 Å². The van der Waals surface area contributed by atoms with Crippen molar-refractivity contribution in [1.82, 2.24) is 14.4 Å². The van der Waals surface area contributed by atoms with Gasteiger partial charge in [0.1, 0.15) is 0 Å². The number of nitrogens with zero attached hydrogens (tertiary/aromatic N) is 3. The van der Waals surface area contributed by atoms with Crippen molar-refractivity contribution < 1.29 is 12.9 Å². The molecule has 158 valence electrons. The smallest absolute Gasteiger partial charge is 0.243 e. The zero-order valence-corrected chi connectivity index (χ0v) is 18.5. The summed E-state index contributed by atoms with van der Waals surface area (Å²) < 4.78 is 33.1. The molecule has 2 heterocycles. The van der Waals surface area contributed by atoms with Crippen molar-refractivity contribution >= 4 is 21.6 Å². The molecule has 1 saturated heterocycles. The number of halogens is 1. The van der Waals surface area contributed by atoms with E-state index in [0.29, 0.717) is 35.7 Å². The maximum Gasteiger partial charge on any atom is 0.243 e. The fourth-order valence-electron chi connectivity index (χ4n) is 3.67. The van der Waals surface area contributed by atoms with Crippen LogP contribution in [0.3, 0.4) is 0 Å². The van der Waals surface area contributed by atoms with Crippen LogP contribution in [-0.4, -0.2) is 36.0 Å². The molecule has 1 fully saturated rings. The molecule has 0 radical (unpaired) electrons. The van der Waals surface area contributed by atoms with Gasteiger partial charge in [0.25, 0.3) is 0 Å². The molecule has 1 aliphatic heterocycles. The summed E-state index contributed by atoms with van der Waals surface area (Å²) in [5.74, 6) is 1.32. The zero-order chi connectivity index (χ0) is 21.3. The Hall–Kier alpha value is -2.22. The van der Waals surface area contributed by atoms with E-state index in [2.05, 4.69) is 36.1 Å². The molecule has 1 atom stereocenters. The van der Waals surface area contributed by atoms with Crippen LogP contribution in [0.1, 0.15) is 50.0 Å². The molecule has 3 aromatic rings. The first-order chi connectivity index (χ1) is 14.3. The quantitative estimate of drug-likeness (QED) is 0.547. The highest BCUT2D eigenvalue weighted by Crippen LogP contribution is 2.31. The van der Waals surface area contributed by atoms with Crippen LogP contribution in [0.4, 0.5) is 0 Å². The van der Waals surface area contributed by atoms with E-state index >= 15 is 0 Å². The molecule has 4 rings (SSSR count). The summed E-state index contributed by atoms with van der Waals surface area (Å²) in [4.78, 5) is 4.76. The third kappa shape index (κ3) is 4.29. The summed E-state index contributed by atoms with van der Waals surface area (Å²) in [6.45, 7) is 5.06. The number of hydrogen-bond donors (Lipinski definition) is 0. The van der Waals surface area contributed by atoms with Gasteiger partial charge in [-0.1, -0.05) is 60.9 Å². The normalized spacial score (nSPS) is 18.1. The van der Waals surface area contributed by atoms with Gasteiger partial charge in [0.15, 0.2) is 0 Å². The Morgan fingerprint density at radius 1 is 1.17 bits per heavy atom. The van der Waals surface area contributed by atoms with E-state index in [1.54, 1.807) is 18.2 Å². The zero-order valence-electron chi connectivity index (χ0n) is 17.0. The van der Waals surface area contributed by atoms with Gasteiger partial charge >= 0.3 is 0 Å². The van der Waals surface area contributed by atoms with Crippen LogP contribution >= 0.6 is 11.6 Å². The molecule has 0 N–H and O–H groups in total. The highest BCUT2D eigenvalue weighted by Gasteiger charge is 2.33. The lowest BCUT2D eigenvalue weighted by atomic mass is 9.99. The van der Waals surface area contributed by atoms with E-state index < -0.39 is 10.0 Å². The highest BCUT2D eigenvalue weighted by molar-refractivity contribution is 7.89. The summed E-state index contributed by atoms with van der Waals surface area (Å²) >= 11 is 5.99. The predicted octanol–water partition coefficient (Wildman–Crippen LogP) is 5.08. The summed E-state index contributed by atoms with van der Waals surface area (Å²) in [6, 6.07) is 14.5. The first kappa shape index (κ1) is 21.0. The van der Waals surface area contributed by atoms with Crippen molar-refractivity contribution in [1.29, 1.82) is 0 Å². The molecule has 0 unspecified atom stereocenters. The van der Waals surface area contributed by atoms with Gasteiger partial charge in [-0.25, -0.2) is 8.42 Å². The SMILES string of the molecule is CC(C)c1ccc(-c2noc([C@H]3CCCN(S(=O)(=O)c4cccc(Cl)c4)C3)n2)cc1. The average Bonchev–Trinajstić information content (AvgIpc) is 3.24. The van der Waals surface area contributed by atoms with Crippen LogP contribution < -0.4 is 0 Å². The Labute approximate surface area is 181 Å². The minimum Gasteiger partial charge on any atom is -0.339 e. The minimum atomic E-state index is -3.62. The average molecular weight is 446 g/mol. The fourth-order valence-corrected chi connectivity index (χ4v) is 5.50. The van der Waals surface area contributed by atoms with E-state index in [0.717, 1.165) is 18.4 Å². The van der Waals surface area contributed by atoms with Crippen molar-refractivity contribution in [2.24, 2.45) is 0 Å². The maximum atomic E-state index is 13.0. The molecule has 0 amide bonds. The maximum absolute atomic E-state index is 13.0. The number of benzene rings is 2. The van der Waals surface area contributed by atoms with Crippen molar-refractivity contribution in [3.8, 4) is 11.4 Å². The molecule has 0 aliphatic carbocycles. The lowest BCUT2D eigenvalue weighted by Gasteiger charge is -2.30. The topological polar surface area (TPSA) is 76.3 Å². The van der Waals surface area contributed by atoms with Crippen LogP contribution in [0.15, 0.2) is 57.9 Å². The standard InChI is InChI=1S/C22H24ClN3O3S/c1-15(2)16-8-10-17(11-9-16)21-24-22(29-25-21)18-5-4-12-26(14-18)30(27,28)20-7-3-6-19(23)13-20/h3,6-11,13,15,18H,4-5,12,14H2,1-2H3/t18-/m0/s1. The molecule has 0 bridgehead atoms. The third-order valence-electron chi connectivity index (χ3n) is 5.44. The summed E-state index contributed by atoms with van der Waals surface area (Å²) in [6.07, 6.45) is 1.53. The Morgan fingerprint density at radius 3 is 2.63 bits per heavy atom. The Balaban J connectivity index is 1.53. The predicted molar refractivity (Wildman–Crippen MR) is 116 cm³/mol. The molecular formula is C22H24ClN3O3S. The molecular weight excluding hydrogens is 422 g/mol. The van der Waals surface area contributed by atoms with Crippen LogP contribution in [0.2, 0.25) is 5.02 Å². The lowest BCUT2D eigenvalue weighted by Crippen LogP contribution is -2.39. The molecule has 0 saturated carbocycles. The third-order valence-corrected chi connectivity index (χ3v) is 7.54. The van der Waals surface area contributed by atoms with Crippen molar-refractivity contribution in [3.05, 3.63) is 65.0 Å².